The number of fused-ring (bicyclic) bond motifs is 3. The molecule has 2 aliphatic rings. The van der Waals surface area contributed by atoms with Crippen LogP contribution in [-0.2, 0) is 5.41 Å². The highest BCUT2D eigenvalue weighted by atomic mass is 32.1. The molecule has 2 aliphatic heterocycles. The first kappa shape index (κ1) is 13.5. The average Bonchev–Trinajstić information content (AvgIpc) is 3.17. The second kappa shape index (κ2) is 5.02. The molecule has 1 aromatic carbocycles. The van der Waals surface area contributed by atoms with Gasteiger partial charge in [-0.25, -0.2) is 0 Å². The van der Waals surface area contributed by atoms with E-state index in [2.05, 4.69) is 65.0 Å². The molecule has 114 valence electrons. The number of nitrogens with zero attached hydrogens (tertiary/aromatic N) is 2. The Kier molecular flexibility index (Phi) is 2.94. The smallest absolute Gasteiger partial charge is 0.0808 e. The van der Waals surface area contributed by atoms with Gasteiger partial charge in [0.15, 0.2) is 0 Å². The summed E-state index contributed by atoms with van der Waals surface area (Å²) in [6, 6.07) is 13.0. The molecule has 23 heavy (non-hydrogen) atoms. The van der Waals surface area contributed by atoms with Crippen molar-refractivity contribution < 1.29 is 0 Å². The van der Waals surface area contributed by atoms with E-state index in [1.54, 1.807) is 11.3 Å². The average molecular weight is 318 g/mol. The fourth-order valence-electron chi connectivity index (χ4n) is 3.98. The molecule has 4 heterocycles. The van der Waals surface area contributed by atoms with Crippen LogP contribution in [0.15, 0.2) is 60.1 Å². The maximum Gasteiger partial charge on any atom is 0.0808 e. The lowest BCUT2D eigenvalue weighted by atomic mass is 9.79. The molecule has 1 saturated heterocycles. The van der Waals surface area contributed by atoms with Crippen LogP contribution in [0.2, 0.25) is 0 Å². The monoisotopic (exact) mass is 318 g/mol. The summed E-state index contributed by atoms with van der Waals surface area (Å²) in [5.41, 5.74) is 2.65. The summed E-state index contributed by atoms with van der Waals surface area (Å²) in [6.07, 6.45) is 8.04. The first-order valence-electron chi connectivity index (χ1n) is 8.17. The lowest BCUT2D eigenvalue weighted by Crippen LogP contribution is -2.33. The molecular weight excluding hydrogens is 300 g/mol. The van der Waals surface area contributed by atoms with Gasteiger partial charge in [0.2, 0.25) is 0 Å². The van der Waals surface area contributed by atoms with Crippen molar-refractivity contribution in [2.24, 2.45) is 0 Å². The van der Waals surface area contributed by atoms with Gasteiger partial charge in [0.1, 0.15) is 0 Å². The van der Waals surface area contributed by atoms with Crippen LogP contribution >= 0.6 is 11.3 Å². The van der Waals surface area contributed by atoms with Crippen molar-refractivity contribution in [3.63, 3.8) is 0 Å². The summed E-state index contributed by atoms with van der Waals surface area (Å²) < 4.78 is 0. The van der Waals surface area contributed by atoms with E-state index in [1.165, 1.54) is 34.2 Å². The summed E-state index contributed by atoms with van der Waals surface area (Å²) in [4.78, 5) is 8.62. The zero-order chi connectivity index (χ0) is 15.3. The minimum absolute atomic E-state index is 0.196. The van der Waals surface area contributed by atoms with Crippen LogP contribution in [-0.4, -0.2) is 29.5 Å². The summed E-state index contributed by atoms with van der Waals surface area (Å²) >= 11 is 1.79. The van der Waals surface area contributed by atoms with E-state index in [9.17, 15) is 0 Å². The van der Waals surface area contributed by atoms with Crippen LogP contribution in [0.5, 0.6) is 0 Å². The molecule has 2 aromatic heterocycles. The van der Waals surface area contributed by atoms with Gasteiger partial charge in [0.25, 0.3) is 0 Å². The fourth-order valence-corrected chi connectivity index (χ4v) is 4.98. The number of rotatable bonds is 2. The Morgan fingerprint density at radius 1 is 1.13 bits per heavy atom. The SMILES string of the molecule is C1=CC2(c3ccc(-c4scc5ccccc45)nc3)CCN(C1)C2. The standard InChI is InChI=1S/C20H18N2S/c1-2-5-17-15(4-1)13-23-19(17)18-7-6-16(12-21-18)20-8-3-10-22(14-20)11-9-20/h1-8,12-13H,9-11,14H2. The summed E-state index contributed by atoms with van der Waals surface area (Å²) in [6.45, 7) is 3.45. The van der Waals surface area contributed by atoms with E-state index in [4.69, 9.17) is 4.98 Å². The van der Waals surface area contributed by atoms with Crippen LogP contribution in [0, 0.1) is 0 Å². The van der Waals surface area contributed by atoms with Gasteiger partial charge < -0.3 is 0 Å². The molecule has 0 aliphatic carbocycles. The number of hydrogen-bond donors (Lipinski definition) is 0. The summed E-state index contributed by atoms with van der Waals surface area (Å²) in [5.74, 6) is 0. The highest BCUT2D eigenvalue weighted by Gasteiger charge is 2.39. The van der Waals surface area contributed by atoms with Crippen LogP contribution in [0.3, 0.4) is 0 Å². The molecule has 2 atom stereocenters. The number of hydrogen-bond acceptors (Lipinski definition) is 3. The van der Waals surface area contributed by atoms with Gasteiger partial charge in [-0.15, -0.1) is 11.3 Å². The highest BCUT2D eigenvalue weighted by Crippen LogP contribution is 2.39. The Morgan fingerprint density at radius 3 is 3.00 bits per heavy atom. The summed E-state index contributed by atoms with van der Waals surface area (Å²) in [7, 11) is 0. The highest BCUT2D eigenvalue weighted by molar-refractivity contribution is 7.15. The lowest BCUT2D eigenvalue weighted by Gasteiger charge is -2.29. The largest absolute Gasteiger partial charge is 0.298 e. The third-order valence-electron chi connectivity index (χ3n) is 5.26. The van der Waals surface area contributed by atoms with E-state index >= 15 is 0 Å². The van der Waals surface area contributed by atoms with Gasteiger partial charge >= 0.3 is 0 Å². The maximum atomic E-state index is 4.82. The van der Waals surface area contributed by atoms with Gasteiger partial charge in [-0.3, -0.25) is 9.88 Å². The summed E-state index contributed by atoms with van der Waals surface area (Å²) in [5, 5.41) is 4.83. The second-order valence-corrected chi connectivity index (χ2v) is 7.51. The Bertz CT molecular complexity index is 893. The Morgan fingerprint density at radius 2 is 2.09 bits per heavy atom. The molecule has 3 heteroatoms. The quantitative estimate of drug-likeness (QED) is 0.648. The van der Waals surface area contributed by atoms with Gasteiger partial charge in [-0.2, -0.15) is 0 Å². The predicted octanol–water partition coefficient (Wildman–Crippen LogP) is 4.48. The molecule has 2 nitrogen and oxygen atoms in total. The Labute approximate surface area is 140 Å². The lowest BCUT2D eigenvalue weighted by molar-refractivity contribution is 0.345. The van der Waals surface area contributed by atoms with Gasteiger partial charge in [0, 0.05) is 30.1 Å². The minimum atomic E-state index is 0.196. The number of pyridine rings is 1. The van der Waals surface area contributed by atoms with Crippen LogP contribution < -0.4 is 0 Å². The van der Waals surface area contributed by atoms with Crippen molar-refractivity contribution >= 4 is 22.1 Å². The maximum absolute atomic E-state index is 4.82. The molecule has 0 N–H and O–H groups in total. The van der Waals surface area contributed by atoms with Crippen molar-refractivity contribution in [3.8, 4) is 10.6 Å². The van der Waals surface area contributed by atoms with Gasteiger partial charge in [0.05, 0.1) is 10.6 Å². The number of benzene rings is 1. The topological polar surface area (TPSA) is 16.1 Å². The molecule has 0 amide bonds. The number of aromatic nitrogens is 1. The van der Waals surface area contributed by atoms with Crippen LogP contribution in [0.4, 0.5) is 0 Å². The molecule has 0 saturated carbocycles. The normalized spacial score (nSPS) is 26.0. The molecule has 0 spiro atoms. The van der Waals surface area contributed by atoms with E-state index in [0.717, 1.165) is 18.8 Å². The van der Waals surface area contributed by atoms with Crippen molar-refractivity contribution in [2.75, 3.05) is 19.6 Å². The Balaban J connectivity index is 1.55. The van der Waals surface area contributed by atoms with E-state index in [1.807, 2.05) is 0 Å². The molecule has 2 unspecified atom stereocenters. The zero-order valence-electron chi connectivity index (χ0n) is 12.9. The first-order chi connectivity index (χ1) is 11.3. The van der Waals surface area contributed by atoms with Crippen molar-refractivity contribution in [1.29, 1.82) is 0 Å². The molecule has 0 radical (unpaired) electrons. The molecular formula is C20H18N2S. The van der Waals surface area contributed by atoms with E-state index in [0.29, 0.717) is 0 Å². The van der Waals surface area contributed by atoms with E-state index < -0.39 is 0 Å². The molecule has 5 rings (SSSR count). The van der Waals surface area contributed by atoms with Crippen molar-refractivity contribution in [3.05, 3.63) is 65.7 Å². The second-order valence-electron chi connectivity index (χ2n) is 6.63. The van der Waals surface area contributed by atoms with Crippen molar-refractivity contribution in [2.45, 2.75) is 11.8 Å². The van der Waals surface area contributed by atoms with Crippen LogP contribution in [0.1, 0.15) is 12.0 Å². The Hall–Kier alpha value is -1.97. The predicted molar refractivity (Wildman–Crippen MR) is 96.9 cm³/mol. The first-order valence-corrected chi connectivity index (χ1v) is 9.05. The minimum Gasteiger partial charge on any atom is -0.298 e. The third-order valence-corrected chi connectivity index (χ3v) is 6.30. The van der Waals surface area contributed by atoms with Gasteiger partial charge in [-0.05, 0) is 35.4 Å². The van der Waals surface area contributed by atoms with E-state index in [-0.39, 0.29) is 5.41 Å². The van der Waals surface area contributed by atoms with Crippen LogP contribution in [0.25, 0.3) is 21.3 Å². The molecule has 3 aromatic rings. The third kappa shape index (κ3) is 2.07. The molecule has 2 bridgehead atoms. The fraction of sp³-hybridized carbons (Fsp3) is 0.250. The number of thiophene rings is 1. The molecule has 1 fully saturated rings. The van der Waals surface area contributed by atoms with Crippen molar-refractivity contribution in [1.82, 2.24) is 9.88 Å². The van der Waals surface area contributed by atoms with Gasteiger partial charge in [-0.1, -0.05) is 42.5 Å². The zero-order valence-corrected chi connectivity index (χ0v) is 13.7.